The van der Waals surface area contributed by atoms with E-state index in [2.05, 4.69) is 25.3 Å². The fourth-order valence-corrected chi connectivity index (χ4v) is 3.64. The van der Waals surface area contributed by atoms with Gasteiger partial charge in [0.05, 0.1) is 16.8 Å². The Bertz CT molecular complexity index is 1090. The number of anilines is 1. The summed E-state index contributed by atoms with van der Waals surface area (Å²) >= 11 is 1.33. The maximum absolute atomic E-state index is 12.2. The molecular formula is C22H21N5OS. The third-order valence-electron chi connectivity index (χ3n) is 4.43. The molecule has 0 bridgehead atoms. The first kappa shape index (κ1) is 19.1. The molecule has 6 nitrogen and oxygen atoms in total. The van der Waals surface area contributed by atoms with Crippen LogP contribution in [0.15, 0.2) is 66.0 Å². The molecule has 0 unspecified atom stereocenters. The highest BCUT2D eigenvalue weighted by Crippen LogP contribution is 2.16. The second-order valence-electron chi connectivity index (χ2n) is 6.72. The highest BCUT2D eigenvalue weighted by atomic mass is 32.2. The van der Waals surface area contributed by atoms with Crippen LogP contribution in [0, 0.1) is 6.92 Å². The van der Waals surface area contributed by atoms with Crippen molar-refractivity contribution in [1.29, 1.82) is 0 Å². The number of benzene rings is 2. The Labute approximate surface area is 173 Å². The predicted molar refractivity (Wildman–Crippen MR) is 116 cm³/mol. The first-order valence-electron chi connectivity index (χ1n) is 9.40. The number of hydrogen-bond acceptors (Lipinski definition) is 5. The van der Waals surface area contributed by atoms with Gasteiger partial charge < -0.3 is 10.3 Å². The molecule has 2 N–H and O–H groups in total. The molecule has 0 radical (unpaired) electrons. The molecule has 0 saturated carbocycles. The Morgan fingerprint density at radius 2 is 1.86 bits per heavy atom. The van der Waals surface area contributed by atoms with Gasteiger partial charge in [0.15, 0.2) is 5.16 Å². The molecule has 0 spiro atoms. The van der Waals surface area contributed by atoms with Crippen LogP contribution in [-0.4, -0.2) is 31.6 Å². The van der Waals surface area contributed by atoms with E-state index < -0.39 is 0 Å². The van der Waals surface area contributed by atoms with Gasteiger partial charge in [-0.15, -0.1) is 0 Å². The van der Waals surface area contributed by atoms with Crippen LogP contribution in [-0.2, 0) is 17.6 Å². The Morgan fingerprint density at radius 1 is 1.03 bits per heavy atom. The van der Waals surface area contributed by atoms with E-state index in [0.29, 0.717) is 5.16 Å². The second-order valence-corrected chi connectivity index (χ2v) is 7.66. The van der Waals surface area contributed by atoms with Crippen molar-refractivity contribution >= 4 is 34.4 Å². The van der Waals surface area contributed by atoms with Gasteiger partial charge in [0.2, 0.25) is 5.91 Å². The van der Waals surface area contributed by atoms with Crippen LogP contribution in [0.4, 0.5) is 5.69 Å². The highest BCUT2D eigenvalue weighted by Gasteiger charge is 2.07. The van der Waals surface area contributed by atoms with E-state index in [-0.39, 0.29) is 11.7 Å². The lowest BCUT2D eigenvalue weighted by Crippen LogP contribution is -2.14. The number of carbonyl (C=O) groups excluding carboxylic acids is 1. The van der Waals surface area contributed by atoms with Crippen LogP contribution in [0.2, 0.25) is 0 Å². The van der Waals surface area contributed by atoms with Crippen LogP contribution in [0.1, 0.15) is 17.1 Å². The van der Waals surface area contributed by atoms with Crippen molar-refractivity contribution in [2.45, 2.75) is 24.9 Å². The molecule has 0 atom stereocenters. The van der Waals surface area contributed by atoms with Gasteiger partial charge in [-0.25, -0.2) is 15.0 Å². The smallest absolute Gasteiger partial charge is 0.234 e. The minimum atomic E-state index is -0.0740. The number of amides is 1. The number of nitrogens with one attached hydrogen (secondary N) is 2. The van der Waals surface area contributed by atoms with Crippen molar-refractivity contribution in [3.05, 3.63) is 77.9 Å². The summed E-state index contributed by atoms with van der Waals surface area (Å²) in [5.41, 5.74) is 4.93. The predicted octanol–water partition coefficient (Wildman–Crippen LogP) is 4.18. The highest BCUT2D eigenvalue weighted by molar-refractivity contribution is 7.99. The van der Waals surface area contributed by atoms with E-state index in [1.54, 1.807) is 6.20 Å². The first-order chi connectivity index (χ1) is 14.2. The van der Waals surface area contributed by atoms with E-state index in [1.165, 1.54) is 17.3 Å². The molecule has 0 saturated heterocycles. The van der Waals surface area contributed by atoms with E-state index in [4.69, 9.17) is 0 Å². The van der Waals surface area contributed by atoms with Gasteiger partial charge in [-0.2, -0.15) is 0 Å². The van der Waals surface area contributed by atoms with E-state index >= 15 is 0 Å². The molecule has 7 heteroatoms. The van der Waals surface area contributed by atoms with Crippen LogP contribution in [0.25, 0.3) is 11.0 Å². The minimum Gasteiger partial charge on any atom is -0.342 e. The molecule has 2 heterocycles. The summed E-state index contributed by atoms with van der Waals surface area (Å²) in [6, 6.07) is 17.8. The number of thioether (sulfide) groups is 1. The summed E-state index contributed by atoms with van der Waals surface area (Å²) in [7, 11) is 0. The van der Waals surface area contributed by atoms with Gasteiger partial charge in [0.25, 0.3) is 0 Å². The molecule has 2 aromatic heterocycles. The molecule has 1 amide bonds. The maximum atomic E-state index is 12.2. The van der Waals surface area contributed by atoms with Crippen LogP contribution in [0.3, 0.4) is 0 Å². The second kappa shape index (κ2) is 8.87. The summed E-state index contributed by atoms with van der Waals surface area (Å²) in [6.07, 6.45) is 3.43. The maximum Gasteiger partial charge on any atom is 0.234 e. The number of H-pyrrole nitrogens is 1. The largest absolute Gasteiger partial charge is 0.342 e. The molecule has 146 valence electrons. The average Bonchev–Trinajstić information content (AvgIpc) is 3.15. The summed E-state index contributed by atoms with van der Waals surface area (Å²) < 4.78 is 0. The molecule has 0 aliphatic carbocycles. The topological polar surface area (TPSA) is 83.6 Å². The number of nitrogens with zero attached hydrogens (tertiary/aromatic N) is 3. The fourth-order valence-electron chi connectivity index (χ4n) is 2.96. The van der Waals surface area contributed by atoms with Gasteiger partial charge in [0, 0.05) is 24.0 Å². The van der Waals surface area contributed by atoms with Gasteiger partial charge >= 0.3 is 0 Å². The number of aromatic nitrogens is 4. The van der Waals surface area contributed by atoms with Crippen LogP contribution in [0.5, 0.6) is 0 Å². The molecule has 29 heavy (non-hydrogen) atoms. The first-order valence-corrected chi connectivity index (χ1v) is 10.4. The van der Waals surface area contributed by atoms with Gasteiger partial charge in [0.1, 0.15) is 5.82 Å². The van der Waals surface area contributed by atoms with Gasteiger partial charge in [-0.1, -0.05) is 36.0 Å². The molecule has 2 aromatic carbocycles. The van der Waals surface area contributed by atoms with Crippen molar-refractivity contribution < 1.29 is 4.79 Å². The normalized spacial score (nSPS) is 10.9. The van der Waals surface area contributed by atoms with Gasteiger partial charge in [-0.3, -0.25) is 4.79 Å². The van der Waals surface area contributed by atoms with E-state index in [9.17, 15) is 4.79 Å². The molecule has 4 aromatic rings. The molecule has 0 fully saturated rings. The lowest BCUT2D eigenvalue weighted by atomic mass is 10.1. The zero-order valence-electron chi connectivity index (χ0n) is 16.1. The Kier molecular flexibility index (Phi) is 5.86. The van der Waals surface area contributed by atoms with Crippen molar-refractivity contribution in [2.75, 3.05) is 11.1 Å². The number of imidazole rings is 1. The zero-order chi connectivity index (χ0) is 20.1. The number of aromatic amines is 1. The number of para-hydroxylation sites is 2. The number of rotatable bonds is 7. The quantitative estimate of drug-likeness (QED) is 0.357. The summed E-state index contributed by atoms with van der Waals surface area (Å²) in [5.74, 6) is 1.19. The number of fused-ring (bicyclic) bond motifs is 1. The fraction of sp³-hybridized carbons (Fsp3) is 0.182. The minimum absolute atomic E-state index is 0.0740. The summed E-state index contributed by atoms with van der Waals surface area (Å²) in [6.45, 7) is 1.90. The lowest BCUT2D eigenvalue weighted by molar-refractivity contribution is -0.113. The summed E-state index contributed by atoms with van der Waals surface area (Å²) in [4.78, 5) is 28.6. The van der Waals surface area contributed by atoms with E-state index in [0.717, 1.165) is 41.1 Å². The monoisotopic (exact) mass is 403 g/mol. The van der Waals surface area contributed by atoms with Crippen molar-refractivity contribution in [3.63, 3.8) is 0 Å². The SMILES string of the molecule is Cc1ccnc(SCC(=O)Nc2ccc(CCc3nc4ccccc4[nH]3)cc2)n1. The number of aryl methyl sites for hydroxylation is 3. The zero-order valence-corrected chi connectivity index (χ0v) is 16.9. The number of carbonyl (C=O) groups is 1. The molecule has 0 aliphatic rings. The third-order valence-corrected chi connectivity index (χ3v) is 5.29. The van der Waals surface area contributed by atoms with Crippen LogP contribution < -0.4 is 5.32 Å². The third kappa shape index (κ3) is 5.20. The summed E-state index contributed by atoms with van der Waals surface area (Å²) in [5, 5.41) is 3.52. The average molecular weight is 404 g/mol. The molecule has 4 rings (SSSR count). The van der Waals surface area contributed by atoms with Crippen molar-refractivity contribution in [2.24, 2.45) is 0 Å². The van der Waals surface area contributed by atoms with Crippen molar-refractivity contribution in [3.8, 4) is 0 Å². The van der Waals surface area contributed by atoms with Gasteiger partial charge in [-0.05, 0) is 49.2 Å². The van der Waals surface area contributed by atoms with E-state index in [1.807, 2.05) is 61.5 Å². The van der Waals surface area contributed by atoms with Crippen molar-refractivity contribution in [1.82, 2.24) is 19.9 Å². The molecule has 0 aliphatic heterocycles. The number of hydrogen-bond donors (Lipinski definition) is 2. The Balaban J connectivity index is 1.27. The Morgan fingerprint density at radius 3 is 2.66 bits per heavy atom. The molecular weight excluding hydrogens is 382 g/mol. The van der Waals surface area contributed by atoms with Crippen LogP contribution >= 0.6 is 11.8 Å². The Hall–Kier alpha value is -3.19. The lowest BCUT2D eigenvalue weighted by Gasteiger charge is -2.06. The standard InChI is InChI=1S/C22H21N5OS/c1-15-12-13-23-22(24-15)29-14-21(28)25-17-9-6-16(7-10-17)8-11-20-26-18-4-2-3-5-19(18)27-20/h2-7,9-10,12-13H,8,11,14H2,1H3,(H,25,28)(H,26,27).